The van der Waals surface area contributed by atoms with E-state index in [1.165, 1.54) is 0 Å². The quantitative estimate of drug-likeness (QED) is 0.295. The molecule has 2 amide bonds. The Bertz CT molecular complexity index is 408. The van der Waals surface area contributed by atoms with Crippen LogP contribution in [0.4, 0.5) is 4.79 Å². The molecule has 1 rings (SSSR count). The zero-order valence-corrected chi connectivity index (χ0v) is 9.17. The number of guanidine groups is 1. The molecule has 8 nitrogen and oxygen atoms in total. The van der Waals surface area contributed by atoms with E-state index in [0.29, 0.717) is 19.4 Å². The van der Waals surface area contributed by atoms with Gasteiger partial charge in [0, 0.05) is 6.54 Å². The van der Waals surface area contributed by atoms with Gasteiger partial charge >= 0.3 is 6.03 Å². The second kappa shape index (κ2) is 5.85. The lowest BCUT2D eigenvalue weighted by molar-refractivity contribution is -0.114. The molecule has 0 aromatic carbocycles. The third-order valence-corrected chi connectivity index (χ3v) is 2.07. The van der Waals surface area contributed by atoms with E-state index >= 15 is 0 Å². The molecule has 17 heavy (non-hydrogen) atoms. The Morgan fingerprint density at radius 1 is 1.47 bits per heavy atom. The molecule has 0 unspecified atom stereocenters. The third-order valence-electron chi connectivity index (χ3n) is 2.07. The van der Waals surface area contributed by atoms with E-state index < -0.39 is 17.9 Å². The predicted molar refractivity (Wildman–Crippen MR) is 64.2 cm³/mol. The van der Waals surface area contributed by atoms with Crippen molar-refractivity contribution in [1.29, 1.82) is 0 Å². The summed E-state index contributed by atoms with van der Waals surface area (Å²) in [7, 11) is 0. The van der Waals surface area contributed by atoms with E-state index in [1.807, 2.05) is 0 Å². The van der Waals surface area contributed by atoms with Gasteiger partial charge in [-0.15, -0.1) is 0 Å². The minimum Gasteiger partial charge on any atom is -0.370 e. The van der Waals surface area contributed by atoms with Crippen molar-refractivity contribution in [2.24, 2.45) is 32.2 Å². The fourth-order valence-electron chi connectivity index (χ4n) is 1.24. The maximum Gasteiger partial charge on any atom is 0.367 e. The summed E-state index contributed by atoms with van der Waals surface area (Å²) >= 11 is 0. The molecule has 0 aromatic rings. The molecule has 1 heterocycles. The number of urea groups is 1. The third kappa shape index (κ3) is 4.11. The number of amides is 2. The van der Waals surface area contributed by atoms with Crippen molar-refractivity contribution in [1.82, 2.24) is 0 Å². The van der Waals surface area contributed by atoms with Crippen molar-refractivity contribution in [2.75, 3.05) is 6.54 Å². The number of nitrogens with two attached hydrogens (primary N) is 3. The zero-order valence-electron chi connectivity index (χ0n) is 9.17. The summed E-state index contributed by atoms with van der Waals surface area (Å²) in [5, 5.41) is 0. The number of nitrogens with zero attached hydrogens (tertiary/aromatic N) is 3. The topological polar surface area (TPSA) is 149 Å². The van der Waals surface area contributed by atoms with Crippen LogP contribution in [0.2, 0.25) is 0 Å². The number of hydrogen-bond donors (Lipinski definition) is 3. The average molecular weight is 238 g/mol. The average Bonchev–Trinajstić information content (AvgIpc) is 2.69. The number of ketones is 1. The van der Waals surface area contributed by atoms with Gasteiger partial charge in [0.2, 0.25) is 0 Å². The number of carbonyl (C=O) groups is 2. The highest BCUT2D eigenvalue weighted by Crippen LogP contribution is 2.01. The molecule has 0 fully saturated rings. The maximum absolute atomic E-state index is 11.6. The minimum atomic E-state index is -0.722. The highest BCUT2D eigenvalue weighted by Gasteiger charge is 2.21. The van der Waals surface area contributed by atoms with Crippen LogP contribution in [0, 0.1) is 0 Å². The molecular formula is C9H14N6O2. The van der Waals surface area contributed by atoms with Crippen molar-refractivity contribution in [3.05, 3.63) is 0 Å². The van der Waals surface area contributed by atoms with E-state index in [4.69, 9.17) is 17.2 Å². The Kier molecular flexibility index (Phi) is 4.46. The Morgan fingerprint density at radius 2 is 2.18 bits per heavy atom. The van der Waals surface area contributed by atoms with Crippen LogP contribution in [-0.4, -0.2) is 42.3 Å². The second-order valence-electron chi connectivity index (χ2n) is 3.46. The summed E-state index contributed by atoms with van der Waals surface area (Å²) in [6, 6.07) is -1.40. The standard InChI is InChI=1S/C9H14N6O2/c10-5(2-1-3-13-8(11)12)7(16)6-4-14-9(17)15-6/h4-5H,1-3,10H2,(H4,11,12,13)/t5-/m0/s1. The van der Waals surface area contributed by atoms with Gasteiger partial charge in [-0.3, -0.25) is 9.79 Å². The highest BCUT2D eigenvalue weighted by atomic mass is 16.2. The molecule has 1 atom stereocenters. The summed E-state index contributed by atoms with van der Waals surface area (Å²) in [6.07, 6.45) is 2.11. The van der Waals surface area contributed by atoms with Crippen molar-refractivity contribution >= 4 is 29.7 Å². The monoisotopic (exact) mass is 238 g/mol. The van der Waals surface area contributed by atoms with Gasteiger partial charge in [-0.2, -0.15) is 9.98 Å². The first-order valence-electron chi connectivity index (χ1n) is 5.02. The molecule has 0 aliphatic carbocycles. The van der Waals surface area contributed by atoms with Crippen molar-refractivity contribution < 1.29 is 9.59 Å². The van der Waals surface area contributed by atoms with Gasteiger partial charge in [-0.1, -0.05) is 0 Å². The molecule has 1 aliphatic rings. The first-order valence-corrected chi connectivity index (χ1v) is 5.02. The van der Waals surface area contributed by atoms with E-state index in [9.17, 15) is 9.59 Å². The van der Waals surface area contributed by atoms with Gasteiger partial charge in [0.05, 0.1) is 12.3 Å². The normalized spacial score (nSPS) is 15.6. The van der Waals surface area contributed by atoms with Crippen molar-refractivity contribution in [3.8, 4) is 0 Å². The number of aliphatic imine (C=N–C) groups is 3. The van der Waals surface area contributed by atoms with E-state index in [0.717, 1.165) is 6.21 Å². The fourth-order valence-corrected chi connectivity index (χ4v) is 1.24. The van der Waals surface area contributed by atoms with Gasteiger partial charge in [0.1, 0.15) is 5.71 Å². The molecule has 0 radical (unpaired) electrons. The van der Waals surface area contributed by atoms with Gasteiger partial charge in [-0.05, 0) is 12.8 Å². The fraction of sp³-hybridized carbons (Fsp3) is 0.444. The van der Waals surface area contributed by atoms with Crippen LogP contribution in [0.25, 0.3) is 0 Å². The van der Waals surface area contributed by atoms with Crippen LogP contribution in [0.1, 0.15) is 12.8 Å². The largest absolute Gasteiger partial charge is 0.370 e. The molecule has 1 aliphatic heterocycles. The molecule has 6 N–H and O–H groups in total. The molecule has 0 spiro atoms. The first-order chi connectivity index (χ1) is 8.00. The molecule has 0 saturated carbocycles. The number of Topliss-reactive ketones (excluding diaryl/α,β-unsaturated/α-hetero) is 1. The molecule has 0 aromatic heterocycles. The molecule has 92 valence electrons. The SMILES string of the molecule is NC(N)=NCCC[C@H](N)C(=O)C1=NC(=O)N=C1. The maximum atomic E-state index is 11.6. The smallest absolute Gasteiger partial charge is 0.367 e. The van der Waals surface area contributed by atoms with Crippen LogP contribution in [-0.2, 0) is 4.79 Å². The summed E-state index contributed by atoms with van der Waals surface area (Å²) in [6.45, 7) is 0.406. The van der Waals surface area contributed by atoms with Crippen LogP contribution in [0.5, 0.6) is 0 Å². The van der Waals surface area contributed by atoms with Gasteiger partial charge < -0.3 is 17.2 Å². The van der Waals surface area contributed by atoms with E-state index in [1.54, 1.807) is 0 Å². The summed E-state index contributed by atoms with van der Waals surface area (Å²) in [5.41, 5.74) is 15.9. The van der Waals surface area contributed by atoms with Crippen molar-refractivity contribution in [3.63, 3.8) is 0 Å². The van der Waals surface area contributed by atoms with Crippen molar-refractivity contribution in [2.45, 2.75) is 18.9 Å². The Hall–Kier alpha value is -2.09. The Morgan fingerprint density at radius 3 is 2.71 bits per heavy atom. The van der Waals surface area contributed by atoms with Gasteiger partial charge in [-0.25, -0.2) is 4.79 Å². The lowest BCUT2D eigenvalue weighted by Gasteiger charge is -2.07. The van der Waals surface area contributed by atoms with Gasteiger partial charge in [0.15, 0.2) is 11.7 Å². The lowest BCUT2D eigenvalue weighted by atomic mass is 10.0. The number of hydrogen-bond acceptors (Lipinski definition) is 4. The predicted octanol–water partition coefficient (Wildman–Crippen LogP) is -1.42. The summed E-state index contributed by atoms with van der Waals surface area (Å²) in [5.74, 6) is -0.396. The highest BCUT2D eigenvalue weighted by molar-refractivity contribution is 6.65. The van der Waals surface area contributed by atoms with E-state index in [2.05, 4.69) is 15.0 Å². The molecular weight excluding hydrogens is 224 g/mol. The molecule has 0 bridgehead atoms. The molecule has 8 heteroatoms. The van der Waals surface area contributed by atoms with Crippen LogP contribution in [0.3, 0.4) is 0 Å². The van der Waals surface area contributed by atoms with Crippen LogP contribution >= 0.6 is 0 Å². The summed E-state index contributed by atoms with van der Waals surface area (Å²) in [4.78, 5) is 32.9. The van der Waals surface area contributed by atoms with E-state index in [-0.39, 0.29) is 11.7 Å². The Balaban J connectivity index is 2.38. The van der Waals surface area contributed by atoms with Gasteiger partial charge in [0.25, 0.3) is 0 Å². The Labute approximate surface area is 97.7 Å². The number of carbonyl (C=O) groups excluding carboxylic acids is 2. The first kappa shape index (κ1) is 13.0. The molecule has 0 saturated heterocycles. The van der Waals surface area contributed by atoms with Crippen LogP contribution in [0.15, 0.2) is 15.0 Å². The lowest BCUT2D eigenvalue weighted by Crippen LogP contribution is -2.36. The van der Waals surface area contributed by atoms with Crippen LogP contribution < -0.4 is 17.2 Å². The zero-order chi connectivity index (χ0) is 12.8. The minimum absolute atomic E-state index is 0.00259. The second-order valence-corrected chi connectivity index (χ2v) is 3.46. The summed E-state index contributed by atoms with van der Waals surface area (Å²) < 4.78 is 0. The number of rotatable bonds is 6.